The Hall–Kier alpha value is -2.15. The number of benzene rings is 1. The summed E-state index contributed by atoms with van der Waals surface area (Å²) >= 11 is 0. The van der Waals surface area contributed by atoms with Crippen LogP contribution in [0.1, 0.15) is 5.56 Å². The molecule has 6 nitrogen and oxygen atoms in total. The fourth-order valence-electron chi connectivity index (χ4n) is 3.26. The molecule has 0 saturated carbocycles. The first kappa shape index (κ1) is 16.3. The van der Waals surface area contributed by atoms with E-state index >= 15 is 0 Å². The summed E-state index contributed by atoms with van der Waals surface area (Å²) < 4.78 is 11.4. The Bertz CT molecular complexity index is 787. The maximum absolute atomic E-state index is 5.98. The lowest BCUT2D eigenvalue weighted by Crippen LogP contribution is -2.40. The molecule has 0 spiro atoms. The molecule has 1 aliphatic rings. The fraction of sp³-hybridized carbons (Fsp3) is 0.421. The zero-order valence-electron chi connectivity index (χ0n) is 14.6. The van der Waals surface area contributed by atoms with Crippen LogP contribution in [0.4, 0.5) is 0 Å². The minimum absolute atomic E-state index is 0.840. The zero-order valence-corrected chi connectivity index (χ0v) is 14.6. The van der Waals surface area contributed by atoms with Crippen LogP contribution < -0.4 is 0 Å². The van der Waals surface area contributed by atoms with Crippen molar-refractivity contribution < 1.29 is 9.15 Å². The molecule has 25 heavy (non-hydrogen) atoms. The normalized spacial score (nSPS) is 16.1. The van der Waals surface area contributed by atoms with Crippen LogP contribution >= 0.6 is 0 Å². The van der Waals surface area contributed by atoms with Gasteiger partial charge in [0.25, 0.3) is 0 Å². The largest absolute Gasteiger partial charge is 0.454 e. The van der Waals surface area contributed by atoms with Crippen LogP contribution in [-0.2, 0) is 11.3 Å². The van der Waals surface area contributed by atoms with Crippen LogP contribution in [0.5, 0.6) is 0 Å². The van der Waals surface area contributed by atoms with E-state index < -0.39 is 0 Å². The van der Waals surface area contributed by atoms with Gasteiger partial charge in [-0.1, -0.05) is 18.2 Å². The maximum Gasteiger partial charge on any atom is 0.153 e. The lowest BCUT2D eigenvalue weighted by molar-refractivity contribution is 0.0342. The first-order valence-electron chi connectivity index (χ1n) is 8.79. The van der Waals surface area contributed by atoms with E-state index in [1.807, 2.05) is 24.4 Å². The number of H-pyrrole nitrogens is 1. The molecule has 132 valence electrons. The Morgan fingerprint density at radius 2 is 2.08 bits per heavy atom. The van der Waals surface area contributed by atoms with Gasteiger partial charge in [0.1, 0.15) is 11.3 Å². The fourth-order valence-corrected chi connectivity index (χ4v) is 3.26. The number of fused-ring (bicyclic) bond motifs is 1. The molecule has 6 heteroatoms. The van der Waals surface area contributed by atoms with Crippen molar-refractivity contribution in [3.05, 3.63) is 42.1 Å². The molecule has 1 aromatic carbocycles. The molecular weight excluding hydrogens is 316 g/mol. The molecule has 1 N–H and O–H groups in total. The van der Waals surface area contributed by atoms with Gasteiger partial charge in [-0.25, -0.2) is 0 Å². The van der Waals surface area contributed by atoms with Gasteiger partial charge in [-0.2, -0.15) is 5.10 Å². The van der Waals surface area contributed by atoms with Crippen LogP contribution in [0.15, 0.2) is 40.9 Å². The summed E-state index contributed by atoms with van der Waals surface area (Å²) in [7, 11) is 2.15. The van der Waals surface area contributed by atoms with Crippen LogP contribution in [0.2, 0.25) is 0 Å². The number of rotatable bonds is 6. The quantitative estimate of drug-likeness (QED) is 0.747. The highest BCUT2D eigenvalue weighted by Crippen LogP contribution is 2.28. The van der Waals surface area contributed by atoms with E-state index in [0.29, 0.717) is 0 Å². The Kier molecular flexibility index (Phi) is 4.83. The first-order chi connectivity index (χ1) is 12.3. The molecule has 0 amide bonds. The van der Waals surface area contributed by atoms with Crippen molar-refractivity contribution in [3.8, 4) is 11.5 Å². The molecule has 0 bridgehead atoms. The zero-order chi connectivity index (χ0) is 17.1. The predicted octanol–water partition coefficient (Wildman–Crippen LogP) is 2.59. The van der Waals surface area contributed by atoms with Gasteiger partial charge >= 0.3 is 0 Å². The van der Waals surface area contributed by atoms with Crippen molar-refractivity contribution in [2.24, 2.45) is 0 Å². The summed E-state index contributed by atoms with van der Waals surface area (Å²) in [5.74, 6) is 0.843. The Labute approximate surface area is 147 Å². The summed E-state index contributed by atoms with van der Waals surface area (Å²) in [4.78, 5) is 4.78. The molecule has 0 radical (unpaired) electrons. The summed E-state index contributed by atoms with van der Waals surface area (Å²) in [6.07, 6.45) is 1.90. The van der Waals surface area contributed by atoms with Gasteiger partial charge in [-0.15, -0.1) is 0 Å². The van der Waals surface area contributed by atoms with Crippen molar-refractivity contribution in [1.82, 2.24) is 20.0 Å². The topological polar surface area (TPSA) is 57.5 Å². The molecule has 1 fully saturated rings. The summed E-state index contributed by atoms with van der Waals surface area (Å²) in [6.45, 7) is 6.69. The van der Waals surface area contributed by atoms with E-state index in [9.17, 15) is 0 Å². The summed E-state index contributed by atoms with van der Waals surface area (Å²) in [5.41, 5.74) is 3.02. The van der Waals surface area contributed by atoms with Gasteiger partial charge in [0.15, 0.2) is 5.76 Å². The third-order valence-corrected chi connectivity index (χ3v) is 4.73. The Morgan fingerprint density at radius 3 is 2.92 bits per heavy atom. The lowest BCUT2D eigenvalue weighted by atomic mass is 10.2. The molecule has 3 heterocycles. The average Bonchev–Trinajstić information content (AvgIpc) is 3.27. The minimum Gasteiger partial charge on any atom is -0.454 e. The number of ether oxygens (including phenoxy) is 1. The van der Waals surface area contributed by atoms with Crippen LogP contribution in [0, 0.1) is 0 Å². The summed E-state index contributed by atoms with van der Waals surface area (Å²) in [5, 5.41) is 8.44. The number of para-hydroxylation sites is 1. The molecule has 0 atom stereocenters. The number of likely N-dealkylation sites (N-methyl/N-ethyl adjacent to an activating group) is 1. The molecule has 1 saturated heterocycles. The van der Waals surface area contributed by atoms with Gasteiger partial charge in [0.05, 0.1) is 19.4 Å². The highest BCUT2D eigenvalue weighted by molar-refractivity contribution is 5.82. The Morgan fingerprint density at radius 1 is 1.24 bits per heavy atom. The van der Waals surface area contributed by atoms with E-state index in [-0.39, 0.29) is 0 Å². The standard InChI is InChI=1S/C19H24N4O2/c1-22(6-7-23-8-10-24-11-9-23)14-16-13-20-21-19(16)18-12-15-4-2-3-5-17(15)25-18/h2-5,12-13H,6-11,14H2,1H3,(H,20,21). The highest BCUT2D eigenvalue weighted by atomic mass is 16.5. The monoisotopic (exact) mass is 340 g/mol. The highest BCUT2D eigenvalue weighted by Gasteiger charge is 2.15. The van der Waals surface area contributed by atoms with Crippen molar-refractivity contribution in [3.63, 3.8) is 0 Å². The van der Waals surface area contributed by atoms with Gasteiger partial charge < -0.3 is 14.1 Å². The SMILES string of the molecule is CN(CCN1CCOCC1)Cc1cn[nH]c1-c1cc2ccccc2o1. The predicted molar refractivity (Wildman–Crippen MR) is 97.4 cm³/mol. The second-order valence-corrected chi connectivity index (χ2v) is 6.61. The van der Waals surface area contributed by atoms with Crippen LogP contribution in [0.25, 0.3) is 22.4 Å². The molecule has 0 aliphatic carbocycles. The van der Waals surface area contributed by atoms with E-state index in [1.165, 1.54) is 0 Å². The van der Waals surface area contributed by atoms with Crippen molar-refractivity contribution in [2.45, 2.75) is 6.54 Å². The van der Waals surface area contributed by atoms with E-state index in [1.54, 1.807) is 0 Å². The minimum atomic E-state index is 0.840. The average molecular weight is 340 g/mol. The van der Waals surface area contributed by atoms with Crippen molar-refractivity contribution in [1.29, 1.82) is 0 Å². The lowest BCUT2D eigenvalue weighted by Gasteiger charge is -2.28. The molecule has 3 aromatic rings. The number of hydrogen-bond acceptors (Lipinski definition) is 5. The molecule has 2 aromatic heterocycles. The van der Waals surface area contributed by atoms with Gasteiger partial charge in [-0.05, 0) is 19.2 Å². The van der Waals surface area contributed by atoms with Crippen LogP contribution in [0.3, 0.4) is 0 Å². The number of nitrogens with zero attached hydrogens (tertiary/aromatic N) is 3. The number of morpholine rings is 1. The summed E-state index contributed by atoms with van der Waals surface area (Å²) in [6, 6.07) is 10.1. The van der Waals surface area contributed by atoms with Gasteiger partial charge in [-0.3, -0.25) is 10.00 Å². The second kappa shape index (κ2) is 7.39. The smallest absolute Gasteiger partial charge is 0.153 e. The third-order valence-electron chi connectivity index (χ3n) is 4.73. The van der Waals surface area contributed by atoms with Crippen molar-refractivity contribution in [2.75, 3.05) is 46.4 Å². The number of furan rings is 1. The van der Waals surface area contributed by atoms with E-state index in [2.05, 4.69) is 39.2 Å². The first-order valence-corrected chi connectivity index (χ1v) is 8.79. The second-order valence-electron chi connectivity index (χ2n) is 6.61. The number of aromatic amines is 1. The van der Waals surface area contributed by atoms with Gasteiger partial charge in [0.2, 0.25) is 0 Å². The molecular formula is C19H24N4O2. The van der Waals surface area contributed by atoms with E-state index in [4.69, 9.17) is 9.15 Å². The Balaban J connectivity index is 1.42. The molecule has 0 unspecified atom stereocenters. The number of hydrogen-bond donors (Lipinski definition) is 1. The number of aromatic nitrogens is 2. The third kappa shape index (κ3) is 3.76. The van der Waals surface area contributed by atoms with Crippen molar-refractivity contribution >= 4 is 11.0 Å². The maximum atomic E-state index is 5.98. The van der Waals surface area contributed by atoms with E-state index in [0.717, 1.165) is 73.9 Å². The molecule has 1 aliphatic heterocycles. The van der Waals surface area contributed by atoms with Gasteiger partial charge in [0, 0.05) is 43.7 Å². The number of nitrogens with one attached hydrogen (secondary N) is 1. The molecule has 4 rings (SSSR count). The van der Waals surface area contributed by atoms with Crippen LogP contribution in [-0.4, -0.2) is 66.4 Å².